The van der Waals surface area contributed by atoms with Gasteiger partial charge < -0.3 is 14.6 Å². The second kappa shape index (κ2) is 11.9. The number of phenolic OH excluding ortho intramolecular Hbond substituents is 1. The smallest absolute Gasteiger partial charge is 0.250 e. The highest BCUT2D eigenvalue weighted by molar-refractivity contribution is 9.10. The van der Waals surface area contributed by atoms with E-state index in [1.54, 1.807) is 19.2 Å². The van der Waals surface area contributed by atoms with Crippen molar-refractivity contribution in [2.75, 3.05) is 20.0 Å². The fourth-order valence-corrected chi connectivity index (χ4v) is 4.59. The number of hydrazone groups is 1. The fraction of sp³-hybridized carbons (Fsp3) is 0.154. The van der Waals surface area contributed by atoms with Crippen LogP contribution in [0.4, 0.5) is 0 Å². The number of halogens is 1. The number of hydrogen-bond acceptors (Lipinski definition) is 8. The third kappa shape index (κ3) is 6.30. The molecule has 9 nitrogen and oxygen atoms in total. The van der Waals surface area contributed by atoms with Crippen molar-refractivity contribution in [1.82, 2.24) is 20.2 Å². The van der Waals surface area contributed by atoms with Gasteiger partial charge in [0.25, 0.3) is 5.91 Å². The third-order valence-corrected chi connectivity index (χ3v) is 6.81. The van der Waals surface area contributed by atoms with Gasteiger partial charge in [0.15, 0.2) is 22.5 Å². The number of ether oxygens (including phenoxy) is 2. The number of hydrogen-bond donors (Lipinski definition) is 2. The zero-order valence-corrected chi connectivity index (χ0v) is 22.7. The minimum absolute atomic E-state index is 0.00827. The Morgan fingerprint density at radius 3 is 2.51 bits per heavy atom. The van der Waals surface area contributed by atoms with Gasteiger partial charge in [-0.3, -0.25) is 9.36 Å². The first-order valence-corrected chi connectivity index (χ1v) is 12.9. The number of methoxy groups -OCH3 is 2. The number of rotatable bonds is 9. The van der Waals surface area contributed by atoms with Gasteiger partial charge in [-0.15, -0.1) is 10.2 Å². The molecule has 0 atom stereocenters. The molecule has 3 aromatic carbocycles. The van der Waals surface area contributed by atoms with E-state index in [4.69, 9.17) is 9.47 Å². The molecule has 1 aromatic heterocycles. The van der Waals surface area contributed by atoms with Crippen LogP contribution in [0.5, 0.6) is 17.2 Å². The van der Waals surface area contributed by atoms with Crippen molar-refractivity contribution < 1.29 is 19.4 Å². The van der Waals surface area contributed by atoms with E-state index in [1.165, 1.54) is 25.1 Å². The Morgan fingerprint density at radius 1 is 1.11 bits per heavy atom. The maximum Gasteiger partial charge on any atom is 0.250 e. The highest BCUT2D eigenvalue weighted by Gasteiger charge is 2.17. The molecule has 0 aliphatic rings. The highest BCUT2D eigenvalue weighted by Crippen LogP contribution is 2.34. The third-order valence-electron chi connectivity index (χ3n) is 5.28. The number of benzene rings is 3. The first kappa shape index (κ1) is 26.2. The normalized spacial score (nSPS) is 11.0. The minimum Gasteiger partial charge on any atom is -0.503 e. The van der Waals surface area contributed by atoms with Gasteiger partial charge in [-0.2, -0.15) is 5.10 Å². The molecule has 37 heavy (non-hydrogen) atoms. The SMILES string of the molecule is COc1ccc(-n2c(SCC(=O)N/N=C\c3cc(Br)c(O)c(OC)c3)nnc2-c2ccc(C)cc2)cc1. The Morgan fingerprint density at radius 2 is 1.84 bits per heavy atom. The van der Waals surface area contributed by atoms with E-state index in [-0.39, 0.29) is 17.4 Å². The van der Waals surface area contributed by atoms with Gasteiger partial charge in [-0.05, 0) is 64.8 Å². The van der Waals surface area contributed by atoms with Crippen molar-refractivity contribution in [2.45, 2.75) is 12.1 Å². The molecule has 11 heteroatoms. The number of nitrogens with zero attached hydrogens (tertiary/aromatic N) is 4. The van der Waals surface area contributed by atoms with Crippen molar-refractivity contribution in [1.29, 1.82) is 0 Å². The van der Waals surface area contributed by atoms with Gasteiger partial charge in [0.2, 0.25) is 0 Å². The number of aromatic hydroxyl groups is 1. The van der Waals surface area contributed by atoms with Crippen LogP contribution in [0.2, 0.25) is 0 Å². The van der Waals surface area contributed by atoms with E-state index in [0.29, 0.717) is 26.8 Å². The van der Waals surface area contributed by atoms with E-state index in [0.717, 1.165) is 22.6 Å². The first-order chi connectivity index (χ1) is 17.9. The molecular weight excluding hydrogens is 558 g/mol. The molecule has 4 rings (SSSR count). The number of phenols is 1. The summed E-state index contributed by atoms with van der Waals surface area (Å²) in [5.74, 6) is 1.44. The second-order valence-corrected chi connectivity index (χ2v) is 9.64. The Labute approximate surface area is 226 Å². The Bertz CT molecular complexity index is 1420. The largest absolute Gasteiger partial charge is 0.503 e. The Hall–Kier alpha value is -3.83. The molecule has 0 fully saturated rings. The lowest BCUT2D eigenvalue weighted by molar-refractivity contribution is -0.118. The van der Waals surface area contributed by atoms with Crippen LogP contribution in [0, 0.1) is 6.92 Å². The van der Waals surface area contributed by atoms with E-state index in [2.05, 4.69) is 36.7 Å². The topological polar surface area (TPSA) is 111 Å². The van der Waals surface area contributed by atoms with Gasteiger partial charge >= 0.3 is 0 Å². The van der Waals surface area contributed by atoms with Crippen LogP contribution >= 0.6 is 27.7 Å². The summed E-state index contributed by atoms with van der Waals surface area (Å²) in [6.45, 7) is 2.03. The summed E-state index contributed by atoms with van der Waals surface area (Å²) in [6, 6.07) is 18.8. The van der Waals surface area contributed by atoms with Crippen LogP contribution in [0.15, 0.2) is 75.4 Å². The van der Waals surface area contributed by atoms with Gasteiger partial charge in [0.1, 0.15) is 5.75 Å². The molecule has 190 valence electrons. The van der Waals surface area contributed by atoms with Gasteiger partial charge in [0.05, 0.1) is 30.7 Å². The molecular formula is C26H24BrN5O4S. The monoisotopic (exact) mass is 581 g/mol. The van der Waals surface area contributed by atoms with E-state index in [1.807, 2.05) is 60.0 Å². The predicted molar refractivity (Wildman–Crippen MR) is 147 cm³/mol. The van der Waals surface area contributed by atoms with Crippen molar-refractivity contribution in [3.8, 4) is 34.3 Å². The van der Waals surface area contributed by atoms with Crippen LogP contribution in [0.1, 0.15) is 11.1 Å². The van der Waals surface area contributed by atoms with Crippen molar-refractivity contribution in [3.63, 3.8) is 0 Å². The van der Waals surface area contributed by atoms with Crippen molar-refractivity contribution in [2.24, 2.45) is 5.10 Å². The average molecular weight is 582 g/mol. The number of thioether (sulfide) groups is 1. The first-order valence-electron chi connectivity index (χ1n) is 11.1. The summed E-state index contributed by atoms with van der Waals surface area (Å²) >= 11 is 4.51. The summed E-state index contributed by atoms with van der Waals surface area (Å²) < 4.78 is 12.8. The number of aromatic nitrogens is 3. The Balaban J connectivity index is 1.50. The molecule has 0 saturated heterocycles. The number of nitrogens with one attached hydrogen (secondary N) is 1. The standard InChI is InChI=1S/C26H24BrN5O4S/c1-16-4-6-18(7-5-16)25-30-31-26(32(25)19-8-10-20(35-2)11-9-19)37-15-23(33)29-28-14-17-12-21(27)24(34)22(13-17)36-3/h4-14,34H,15H2,1-3H3,(H,29,33)/b28-14-. The molecule has 0 spiro atoms. The van der Waals surface area contributed by atoms with Crippen LogP contribution in [0.3, 0.4) is 0 Å². The lowest BCUT2D eigenvalue weighted by atomic mass is 10.1. The number of carbonyl (C=O) groups excluding carboxylic acids is 1. The molecule has 0 saturated carbocycles. The summed E-state index contributed by atoms with van der Waals surface area (Å²) in [7, 11) is 3.07. The molecule has 1 amide bonds. The average Bonchev–Trinajstić information content (AvgIpc) is 3.33. The quantitative estimate of drug-likeness (QED) is 0.163. The van der Waals surface area contributed by atoms with Gasteiger partial charge in [-0.25, -0.2) is 5.43 Å². The van der Waals surface area contributed by atoms with Crippen LogP contribution in [-0.2, 0) is 4.79 Å². The van der Waals surface area contributed by atoms with Crippen molar-refractivity contribution in [3.05, 3.63) is 76.3 Å². The number of aryl methyl sites for hydroxylation is 1. The van der Waals surface area contributed by atoms with Gasteiger partial charge in [-0.1, -0.05) is 41.6 Å². The summed E-state index contributed by atoms with van der Waals surface area (Å²) in [6.07, 6.45) is 1.46. The van der Waals surface area contributed by atoms with Crippen molar-refractivity contribution >= 4 is 39.8 Å². The second-order valence-electron chi connectivity index (χ2n) is 7.84. The van der Waals surface area contributed by atoms with Gasteiger partial charge in [0, 0.05) is 11.3 Å². The van der Waals surface area contributed by atoms with Crippen LogP contribution in [-0.4, -0.2) is 52.0 Å². The molecule has 0 radical (unpaired) electrons. The molecule has 0 aliphatic carbocycles. The lowest BCUT2D eigenvalue weighted by Gasteiger charge is -2.11. The van der Waals surface area contributed by atoms with E-state index < -0.39 is 0 Å². The lowest BCUT2D eigenvalue weighted by Crippen LogP contribution is -2.20. The zero-order chi connectivity index (χ0) is 26.4. The minimum atomic E-state index is -0.313. The molecule has 0 aliphatic heterocycles. The maximum atomic E-state index is 12.5. The molecule has 2 N–H and O–H groups in total. The maximum absolute atomic E-state index is 12.5. The molecule has 4 aromatic rings. The molecule has 1 heterocycles. The summed E-state index contributed by atoms with van der Waals surface area (Å²) in [5, 5.41) is 23.3. The number of carbonyl (C=O) groups is 1. The predicted octanol–water partition coefficient (Wildman–Crippen LogP) is 4.97. The Kier molecular flexibility index (Phi) is 8.47. The summed E-state index contributed by atoms with van der Waals surface area (Å²) in [5.41, 5.74) is 6.04. The summed E-state index contributed by atoms with van der Waals surface area (Å²) in [4.78, 5) is 12.5. The van der Waals surface area contributed by atoms with E-state index in [9.17, 15) is 9.90 Å². The fourth-order valence-electron chi connectivity index (χ4n) is 3.38. The highest BCUT2D eigenvalue weighted by atomic mass is 79.9. The number of amides is 1. The van der Waals surface area contributed by atoms with Crippen LogP contribution < -0.4 is 14.9 Å². The van der Waals surface area contributed by atoms with E-state index >= 15 is 0 Å². The molecule has 0 unspecified atom stereocenters. The molecule has 0 bridgehead atoms. The van der Waals surface area contributed by atoms with Crippen LogP contribution in [0.25, 0.3) is 17.1 Å². The zero-order valence-electron chi connectivity index (χ0n) is 20.3.